The quantitative estimate of drug-likeness (QED) is 0.780. The van der Waals surface area contributed by atoms with E-state index >= 15 is 0 Å². The second kappa shape index (κ2) is 7.20. The predicted octanol–water partition coefficient (Wildman–Crippen LogP) is 0.924. The van der Waals surface area contributed by atoms with Crippen LogP contribution >= 0.6 is 0 Å². The molecule has 5 heteroatoms. The highest BCUT2D eigenvalue weighted by atomic mass is 16.3. The SMILES string of the molecule is CCN1CCC(CNCc2c(C)nn(CCO)c2C)C1. The van der Waals surface area contributed by atoms with Crippen LogP contribution in [0.2, 0.25) is 0 Å². The highest BCUT2D eigenvalue weighted by Gasteiger charge is 2.20. The number of likely N-dealkylation sites (tertiary alicyclic amines) is 1. The van der Waals surface area contributed by atoms with Crippen molar-refractivity contribution in [3.8, 4) is 0 Å². The van der Waals surface area contributed by atoms with Crippen LogP contribution in [0.25, 0.3) is 0 Å². The molecular formula is C15H28N4O. The minimum absolute atomic E-state index is 0.143. The minimum Gasteiger partial charge on any atom is -0.394 e. The monoisotopic (exact) mass is 280 g/mol. The van der Waals surface area contributed by atoms with Crippen LogP contribution in [-0.2, 0) is 13.1 Å². The maximum absolute atomic E-state index is 9.03. The molecule has 0 saturated carbocycles. The molecule has 114 valence electrons. The number of hydrogen-bond acceptors (Lipinski definition) is 4. The number of nitrogens with zero attached hydrogens (tertiary/aromatic N) is 3. The summed E-state index contributed by atoms with van der Waals surface area (Å²) in [6, 6.07) is 0. The molecule has 1 atom stereocenters. The minimum atomic E-state index is 0.143. The number of aryl methyl sites for hydroxylation is 1. The van der Waals surface area contributed by atoms with E-state index in [1.54, 1.807) is 0 Å². The molecule has 1 fully saturated rings. The summed E-state index contributed by atoms with van der Waals surface area (Å²) in [5, 5.41) is 17.1. The first kappa shape index (κ1) is 15.5. The Morgan fingerprint density at radius 1 is 1.40 bits per heavy atom. The summed E-state index contributed by atoms with van der Waals surface area (Å²) in [7, 11) is 0. The van der Waals surface area contributed by atoms with Crippen LogP contribution in [0.1, 0.15) is 30.3 Å². The van der Waals surface area contributed by atoms with Gasteiger partial charge >= 0.3 is 0 Å². The third-order valence-corrected chi connectivity index (χ3v) is 4.40. The van der Waals surface area contributed by atoms with Crippen molar-refractivity contribution < 1.29 is 5.11 Å². The third-order valence-electron chi connectivity index (χ3n) is 4.40. The van der Waals surface area contributed by atoms with Gasteiger partial charge in [-0.2, -0.15) is 5.10 Å². The van der Waals surface area contributed by atoms with E-state index in [0.29, 0.717) is 6.54 Å². The Bertz CT molecular complexity index is 430. The Balaban J connectivity index is 1.82. The number of rotatable bonds is 7. The topological polar surface area (TPSA) is 53.3 Å². The molecular weight excluding hydrogens is 252 g/mol. The number of aliphatic hydroxyl groups is 1. The fourth-order valence-corrected chi connectivity index (χ4v) is 3.07. The van der Waals surface area contributed by atoms with Gasteiger partial charge in [0.2, 0.25) is 0 Å². The van der Waals surface area contributed by atoms with Crippen LogP contribution in [0.3, 0.4) is 0 Å². The van der Waals surface area contributed by atoms with Gasteiger partial charge in [-0.3, -0.25) is 4.68 Å². The first-order valence-electron chi connectivity index (χ1n) is 7.72. The van der Waals surface area contributed by atoms with Crippen LogP contribution in [0.5, 0.6) is 0 Å². The Labute approximate surface area is 122 Å². The average Bonchev–Trinajstić information content (AvgIpc) is 2.99. The van der Waals surface area contributed by atoms with Crippen molar-refractivity contribution in [2.75, 3.05) is 32.8 Å². The molecule has 0 radical (unpaired) electrons. The van der Waals surface area contributed by atoms with Crippen molar-refractivity contribution in [3.63, 3.8) is 0 Å². The average molecular weight is 280 g/mol. The Morgan fingerprint density at radius 3 is 2.85 bits per heavy atom. The highest BCUT2D eigenvalue weighted by molar-refractivity contribution is 5.24. The van der Waals surface area contributed by atoms with Gasteiger partial charge in [0, 0.05) is 24.3 Å². The van der Waals surface area contributed by atoms with Crippen molar-refractivity contribution in [3.05, 3.63) is 17.0 Å². The van der Waals surface area contributed by atoms with E-state index < -0.39 is 0 Å². The summed E-state index contributed by atoms with van der Waals surface area (Å²) in [6.07, 6.45) is 1.31. The molecule has 5 nitrogen and oxygen atoms in total. The van der Waals surface area contributed by atoms with Gasteiger partial charge in [-0.1, -0.05) is 6.92 Å². The van der Waals surface area contributed by atoms with Gasteiger partial charge < -0.3 is 15.3 Å². The van der Waals surface area contributed by atoms with Crippen LogP contribution in [0.4, 0.5) is 0 Å². The molecule has 2 heterocycles. The van der Waals surface area contributed by atoms with Gasteiger partial charge in [-0.05, 0) is 45.8 Å². The highest BCUT2D eigenvalue weighted by Crippen LogP contribution is 2.16. The molecule has 0 aromatic carbocycles. The second-order valence-electron chi connectivity index (χ2n) is 5.77. The molecule has 1 aliphatic heterocycles. The van der Waals surface area contributed by atoms with Crippen molar-refractivity contribution in [1.29, 1.82) is 0 Å². The second-order valence-corrected chi connectivity index (χ2v) is 5.77. The summed E-state index contributed by atoms with van der Waals surface area (Å²) < 4.78 is 1.90. The molecule has 1 aliphatic rings. The molecule has 1 aromatic rings. The molecule has 0 amide bonds. The van der Waals surface area contributed by atoms with Gasteiger partial charge in [0.05, 0.1) is 18.8 Å². The molecule has 0 spiro atoms. The number of aromatic nitrogens is 2. The lowest BCUT2D eigenvalue weighted by atomic mass is 10.1. The van der Waals surface area contributed by atoms with Crippen molar-refractivity contribution in [1.82, 2.24) is 20.0 Å². The molecule has 1 unspecified atom stereocenters. The molecule has 0 bridgehead atoms. The standard InChI is InChI=1S/C15H28N4O/c1-4-18-6-5-14(11-18)9-16-10-15-12(2)17-19(7-8-20)13(15)3/h14,16,20H,4-11H2,1-3H3. The van der Waals surface area contributed by atoms with Gasteiger partial charge in [0.1, 0.15) is 0 Å². The first-order chi connectivity index (χ1) is 9.65. The molecule has 1 aromatic heterocycles. The van der Waals surface area contributed by atoms with E-state index in [2.05, 4.69) is 29.2 Å². The van der Waals surface area contributed by atoms with Crippen LogP contribution in [0, 0.1) is 19.8 Å². The van der Waals surface area contributed by atoms with Crippen molar-refractivity contribution >= 4 is 0 Å². The van der Waals surface area contributed by atoms with Gasteiger partial charge in [0.15, 0.2) is 0 Å². The molecule has 2 N–H and O–H groups in total. The van der Waals surface area contributed by atoms with Gasteiger partial charge in [-0.15, -0.1) is 0 Å². The zero-order valence-electron chi connectivity index (χ0n) is 13.0. The number of aliphatic hydroxyl groups excluding tert-OH is 1. The maximum Gasteiger partial charge on any atom is 0.0644 e. The molecule has 20 heavy (non-hydrogen) atoms. The Hall–Kier alpha value is -0.910. The normalized spacial score (nSPS) is 19.9. The van der Waals surface area contributed by atoms with E-state index in [0.717, 1.165) is 24.7 Å². The molecule has 2 rings (SSSR count). The third kappa shape index (κ3) is 3.59. The lowest BCUT2D eigenvalue weighted by Crippen LogP contribution is -2.26. The van der Waals surface area contributed by atoms with E-state index in [9.17, 15) is 0 Å². The van der Waals surface area contributed by atoms with Crippen molar-refractivity contribution in [2.45, 2.75) is 40.3 Å². The van der Waals surface area contributed by atoms with E-state index in [1.807, 2.05) is 11.6 Å². The van der Waals surface area contributed by atoms with E-state index in [-0.39, 0.29) is 6.61 Å². The number of nitrogens with one attached hydrogen (secondary N) is 1. The Kier molecular flexibility index (Phi) is 5.57. The Morgan fingerprint density at radius 2 is 2.20 bits per heavy atom. The first-order valence-corrected chi connectivity index (χ1v) is 7.72. The number of hydrogen-bond donors (Lipinski definition) is 2. The largest absolute Gasteiger partial charge is 0.394 e. The van der Waals surface area contributed by atoms with E-state index in [1.165, 1.54) is 37.3 Å². The lowest BCUT2D eigenvalue weighted by Gasteiger charge is -2.14. The van der Waals surface area contributed by atoms with Crippen LogP contribution in [-0.4, -0.2) is 52.6 Å². The van der Waals surface area contributed by atoms with Crippen molar-refractivity contribution in [2.24, 2.45) is 5.92 Å². The fraction of sp³-hybridized carbons (Fsp3) is 0.800. The summed E-state index contributed by atoms with van der Waals surface area (Å²) in [5.74, 6) is 0.781. The summed E-state index contributed by atoms with van der Waals surface area (Å²) >= 11 is 0. The lowest BCUT2D eigenvalue weighted by molar-refractivity contribution is 0.267. The predicted molar refractivity (Wildman–Crippen MR) is 80.7 cm³/mol. The van der Waals surface area contributed by atoms with E-state index in [4.69, 9.17) is 5.11 Å². The van der Waals surface area contributed by atoms with Crippen LogP contribution in [0.15, 0.2) is 0 Å². The zero-order chi connectivity index (χ0) is 14.5. The summed E-state index contributed by atoms with van der Waals surface area (Å²) in [5.41, 5.74) is 3.53. The summed E-state index contributed by atoms with van der Waals surface area (Å²) in [6.45, 7) is 12.7. The maximum atomic E-state index is 9.03. The molecule has 0 aliphatic carbocycles. The zero-order valence-corrected chi connectivity index (χ0v) is 13.0. The fourth-order valence-electron chi connectivity index (χ4n) is 3.07. The van der Waals surface area contributed by atoms with Gasteiger partial charge in [-0.25, -0.2) is 0 Å². The van der Waals surface area contributed by atoms with Gasteiger partial charge in [0.25, 0.3) is 0 Å². The summed E-state index contributed by atoms with van der Waals surface area (Å²) in [4.78, 5) is 2.52. The smallest absolute Gasteiger partial charge is 0.0644 e. The molecule has 1 saturated heterocycles. The van der Waals surface area contributed by atoms with Crippen LogP contribution < -0.4 is 5.32 Å².